The summed E-state index contributed by atoms with van der Waals surface area (Å²) >= 11 is 6.27. The first kappa shape index (κ1) is 14.6. The van der Waals surface area contributed by atoms with Crippen molar-refractivity contribution < 1.29 is 9.47 Å². The first-order valence-corrected chi connectivity index (χ1v) is 6.50. The second kappa shape index (κ2) is 6.11. The summed E-state index contributed by atoms with van der Waals surface area (Å²) in [4.78, 5) is 12.0. The predicted molar refractivity (Wildman–Crippen MR) is 79.4 cm³/mol. The van der Waals surface area contributed by atoms with Gasteiger partial charge in [0.1, 0.15) is 5.75 Å². The van der Waals surface area contributed by atoms with Crippen molar-refractivity contribution in [2.24, 2.45) is 7.05 Å². The van der Waals surface area contributed by atoms with Gasteiger partial charge in [0.05, 0.1) is 10.7 Å². The van der Waals surface area contributed by atoms with Crippen LogP contribution < -0.4 is 10.3 Å². The van der Waals surface area contributed by atoms with E-state index >= 15 is 0 Å². The topological polar surface area (TPSA) is 40.5 Å². The third kappa shape index (κ3) is 2.86. The maximum atomic E-state index is 12.0. The SMILES string of the molecule is COCOc1ccc(-c2ccc(C)c(=O)n2C)c(Cl)c1. The number of aryl methyl sites for hydroxylation is 1. The Hall–Kier alpha value is -1.78. The van der Waals surface area contributed by atoms with Crippen molar-refractivity contribution in [1.29, 1.82) is 0 Å². The molecule has 0 spiro atoms. The molecular weight excluding hydrogens is 278 g/mol. The molecule has 0 atom stereocenters. The Balaban J connectivity index is 2.44. The van der Waals surface area contributed by atoms with E-state index in [4.69, 9.17) is 21.1 Å². The number of methoxy groups -OCH3 is 1. The molecule has 0 unspecified atom stereocenters. The van der Waals surface area contributed by atoms with Crippen LogP contribution >= 0.6 is 11.6 Å². The fourth-order valence-corrected chi connectivity index (χ4v) is 2.22. The fourth-order valence-electron chi connectivity index (χ4n) is 1.95. The van der Waals surface area contributed by atoms with E-state index in [2.05, 4.69) is 0 Å². The van der Waals surface area contributed by atoms with Crippen molar-refractivity contribution in [3.8, 4) is 17.0 Å². The first-order chi connectivity index (χ1) is 9.54. The van der Waals surface area contributed by atoms with Gasteiger partial charge in [-0.3, -0.25) is 4.79 Å². The third-order valence-corrected chi connectivity index (χ3v) is 3.37. The number of aromatic nitrogens is 1. The van der Waals surface area contributed by atoms with Crippen LogP contribution in [0, 0.1) is 6.92 Å². The van der Waals surface area contributed by atoms with Crippen LogP contribution in [0.5, 0.6) is 5.75 Å². The van der Waals surface area contributed by atoms with Gasteiger partial charge in [0.2, 0.25) is 0 Å². The van der Waals surface area contributed by atoms with Gasteiger partial charge in [-0.25, -0.2) is 0 Å². The van der Waals surface area contributed by atoms with Gasteiger partial charge in [0.25, 0.3) is 5.56 Å². The summed E-state index contributed by atoms with van der Waals surface area (Å²) < 4.78 is 11.8. The van der Waals surface area contributed by atoms with Crippen LogP contribution in [-0.2, 0) is 11.8 Å². The molecule has 0 fully saturated rings. The zero-order chi connectivity index (χ0) is 14.7. The molecule has 1 aromatic carbocycles. The van der Waals surface area contributed by atoms with Crippen LogP contribution in [0.4, 0.5) is 0 Å². The molecule has 20 heavy (non-hydrogen) atoms. The number of rotatable bonds is 4. The first-order valence-electron chi connectivity index (χ1n) is 6.13. The summed E-state index contributed by atoms with van der Waals surface area (Å²) in [6.07, 6.45) is 0. The molecule has 2 aromatic rings. The average molecular weight is 294 g/mol. The van der Waals surface area contributed by atoms with E-state index in [1.165, 1.54) is 0 Å². The minimum absolute atomic E-state index is 0.0294. The van der Waals surface area contributed by atoms with E-state index in [-0.39, 0.29) is 12.4 Å². The van der Waals surface area contributed by atoms with E-state index < -0.39 is 0 Å². The van der Waals surface area contributed by atoms with Gasteiger partial charge < -0.3 is 14.0 Å². The van der Waals surface area contributed by atoms with Crippen molar-refractivity contribution in [2.45, 2.75) is 6.92 Å². The molecule has 0 radical (unpaired) electrons. The van der Waals surface area contributed by atoms with Crippen LogP contribution in [0.3, 0.4) is 0 Å². The Labute approximate surface area is 122 Å². The van der Waals surface area contributed by atoms with Gasteiger partial charge in [0, 0.05) is 25.3 Å². The molecular formula is C15H16ClNO3. The Kier molecular flexibility index (Phi) is 4.47. The number of benzene rings is 1. The Bertz CT molecular complexity index is 679. The minimum atomic E-state index is -0.0294. The molecule has 0 aliphatic carbocycles. The maximum absolute atomic E-state index is 12.0. The highest BCUT2D eigenvalue weighted by atomic mass is 35.5. The quantitative estimate of drug-likeness (QED) is 0.814. The van der Waals surface area contributed by atoms with Gasteiger partial charge in [-0.15, -0.1) is 0 Å². The lowest BCUT2D eigenvalue weighted by Gasteiger charge is -2.12. The van der Waals surface area contributed by atoms with E-state index in [0.29, 0.717) is 16.3 Å². The number of nitrogens with zero attached hydrogens (tertiary/aromatic N) is 1. The van der Waals surface area contributed by atoms with Crippen LogP contribution in [0.25, 0.3) is 11.3 Å². The second-order valence-electron chi connectivity index (χ2n) is 4.46. The summed E-state index contributed by atoms with van der Waals surface area (Å²) in [7, 11) is 3.29. The number of hydrogen-bond acceptors (Lipinski definition) is 3. The van der Waals surface area contributed by atoms with E-state index in [1.54, 1.807) is 43.8 Å². The molecule has 5 heteroatoms. The van der Waals surface area contributed by atoms with Crippen LogP contribution in [0.1, 0.15) is 5.56 Å². The Morgan fingerprint density at radius 1 is 1.25 bits per heavy atom. The predicted octanol–water partition coefficient (Wildman–Crippen LogP) is 3.00. The van der Waals surface area contributed by atoms with Gasteiger partial charge in [-0.1, -0.05) is 17.7 Å². The summed E-state index contributed by atoms with van der Waals surface area (Å²) in [5, 5.41) is 0.525. The second-order valence-corrected chi connectivity index (χ2v) is 4.87. The molecule has 0 amide bonds. The monoisotopic (exact) mass is 293 g/mol. The van der Waals surface area contributed by atoms with Crippen LogP contribution in [0.15, 0.2) is 35.1 Å². The smallest absolute Gasteiger partial charge is 0.253 e. The molecule has 0 aliphatic rings. The Morgan fingerprint density at radius 2 is 2.00 bits per heavy atom. The normalized spacial score (nSPS) is 10.6. The van der Waals surface area contributed by atoms with Gasteiger partial charge in [-0.2, -0.15) is 0 Å². The third-order valence-electron chi connectivity index (χ3n) is 3.05. The lowest BCUT2D eigenvalue weighted by molar-refractivity contribution is 0.0511. The average Bonchev–Trinajstić information content (AvgIpc) is 2.44. The van der Waals surface area contributed by atoms with Crippen molar-refractivity contribution >= 4 is 11.6 Å². The zero-order valence-corrected chi connectivity index (χ0v) is 12.4. The lowest BCUT2D eigenvalue weighted by Crippen LogP contribution is -2.20. The standard InChI is InChI=1S/C15H16ClNO3/c1-10-4-7-14(17(2)15(10)18)12-6-5-11(8-13(12)16)20-9-19-3/h4-8H,9H2,1-3H3. The largest absolute Gasteiger partial charge is 0.468 e. The molecule has 106 valence electrons. The van der Waals surface area contributed by atoms with Crippen molar-refractivity contribution in [1.82, 2.24) is 4.57 Å². The fraction of sp³-hybridized carbons (Fsp3) is 0.267. The van der Waals surface area contributed by atoms with E-state index in [1.807, 2.05) is 12.1 Å². The lowest BCUT2D eigenvalue weighted by atomic mass is 10.1. The molecule has 4 nitrogen and oxygen atoms in total. The van der Waals surface area contributed by atoms with Crippen LogP contribution in [0.2, 0.25) is 5.02 Å². The highest BCUT2D eigenvalue weighted by Crippen LogP contribution is 2.30. The molecule has 1 aromatic heterocycles. The minimum Gasteiger partial charge on any atom is -0.468 e. The molecule has 2 rings (SSSR count). The molecule has 0 saturated carbocycles. The van der Waals surface area contributed by atoms with Crippen molar-refractivity contribution in [3.63, 3.8) is 0 Å². The number of ether oxygens (including phenoxy) is 2. The summed E-state index contributed by atoms with van der Waals surface area (Å²) in [6, 6.07) is 9.01. The highest BCUT2D eigenvalue weighted by Gasteiger charge is 2.10. The van der Waals surface area contributed by atoms with Crippen LogP contribution in [-0.4, -0.2) is 18.5 Å². The summed E-state index contributed by atoms with van der Waals surface area (Å²) in [6.45, 7) is 1.95. The van der Waals surface area contributed by atoms with Gasteiger partial charge in [0.15, 0.2) is 6.79 Å². The summed E-state index contributed by atoms with van der Waals surface area (Å²) in [5.41, 5.74) is 2.23. The van der Waals surface area contributed by atoms with Crippen molar-refractivity contribution in [3.05, 3.63) is 51.3 Å². The van der Waals surface area contributed by atoms with Gasteiger partial charge >= 0.3 is 0 Å². The molecule has 1 heterocycles. The summed E-state index contributed by atoms with van der Waals surface area (Å²) in [5.74, 6) is 0.623. The van der Waals surface area contributed by atoms with E-state index in [0.717, 1.165) is 11.3 Å². The number of hydrogen-bond donors (Lipinski definition) is 0. The van der Waals surface area contributed by atoms with E-state index in [9.17, 15) is 4.79 Å². The molecule has 0 aliphatic heterocycles. The number of pyridine rings is 1. The molecule has 0 N–H and O–H groups in total. The highest BCUT2D eigenvalue weighted by molar-refractivity contribution is 6.33. The molecule has 0 bridgehead atoms. The zero-order valence-electron chi connectivity index (χ0n) is 11.6. The molecule has 0 saturated heterocycles. The van der Waals surface area contributed by atoms with Gasteiger partial charge in [-0.05, 0) is 31.2 Å². The number of halogens is 1. The van der Waals surface area contributed by atoms with Crippen molar-refractivity contribution in [2.75, 3.05) is 13.9 Å². The Morgan fingerprint density at radius 3 is 2.65 bits per heavy atom. The maximum Gasteiger partial charge on any atom is 0.253 e.